The van der Waals surface area contributed by atoms with Gasteiger partial charge in [0.2, 0.25) is 0 Å². The van der Waals surface area contributed by atoms with Crippen molar-refractivity contribution in [2.24, 2.45) is 0 Å². The molecular formula is C19H16ClN3O2. The lowest BCUT2D eigenvalue weighted by atomic mass is 10.2. The number of ether oxygens (including phenoxy) is 1. The number of anilines is 3. The number of pyridine rings is 1. The van der Waals surface area contributed by atoms with Crippen LogP contribution in [-0.2, 0) is 0 Å². The highest BCUT2D eigenvalue weighted by Crippen LogP contribution is 2.20. The fourth-order valence-corrected chi connectivity index (χ4v) is 2.42. The van der Waals surface area contributed by atoms with Crippen molar-refractivity contribution in [2.75, 3.05) is 17.7 Å². The zero-order valence-corrected chi connectivity index (χ0v) is 14.2. The average molecular weight is 354 g/mol. The fourth-order valence-electron chi connectivity index (χ4n) is 2.23. The molecule has 0 spiro atoms. The molecule has 126 valence electrons. The number of methoxy groups -OCH3 is 1. The van der Waals surface area contributed by atoms with E-state index in [-0.39, 0.29) is 5.91 Å². The predicted octanol–water partition coefficient (Wildman–Crippen LogP) is 4.74. The molecule has 1 aromatic heterocycles. The van der Waals surface area contributed by atoms with Gasteiger partial charge in [-0.05, 0) is 54.6 Å². The first kappa shape index (κ1) is 16.8. The molecule has 3 aromatic rings. The molecule has 0 aliphatic rings. The smallest absolute Gasteiger partial charge is 0.255 e. The summed E-state index contributed by atoms with van der Waals surface area (Å²) in [6, 6.07) is 17.8. The number of halogens is 1. The Hall–Kier alpha value is -3.05. The van der Waals surface area contributed by atoms with Crippen LogP contribution in [0.15, 0.2) is 66.9 Å². The lowest BCUT2D eigenvalue weighted by Crippen LogP contribution is -2.12. The summed E-state index contributed by atoms with van der Waals surface area (Å²) in [6.45, 7) is 0. The van der Waals surface area contributed by atoms with E-state index < -0.39 is 0 Å². The van der Waals surface area contributed by atoms with Crippen LogP contribution in [0.4, 0.5) is 17.2 Å². The number of nitrogens with one attached hydrogen (secondary N) is 2. The molecule has 25 heavy (non-hydrogen) atoms. The van der Waals surface area contributed by atoms with Gasteiger partial charge >= 0.3 is 0 Å². The molecule has 0 fully saturated rings. The zero-order valence-electron chi connectivity index (χ0n) is 13.5. The Kier molecular flexibility index (Phi) is 5.16. The third-order valence-corrected chi connectivity index (χ3v) is 3.70. The molecule has 2 aromatic carbocycles. The lowest BCUT2D eigenvalue weighted by Gasteiger charge is -2.09. The quantitative estimate of drug-likeness (QED) is 0.695. The summed E-state index contributed by atoms with van der Waals surface area (Å²) in [5.74, 6) is 1.11. The van der Waals surface area contributed by atoms with Gasteiger partial charge < -0.3 is 15.4 Å². The molecule has 5 nitrogen and oxygen atoms in total. The van der Waals surface area contributed by atoms with Gasteiger partial charge in [0.15, 0.2) is 0 Å². The number of hydrogen-bond donors (Lipinski definition) is 2. The average Bonchev–Trinajstić information content (AvgIpc) is 2.62. The second-order valence-corrected chi connectivity index (χ2v) is 5.68. The summed E-state index contributed by atoms with van der Waals surface area (Å²) in [7, 11) is 1.62. The standard InChI is InChI=1S/C19H16ClN3O2/c1-25-17-7-5-15(6-8-17)22-18-11-13(9-10-21-18)19(24)23-16-4-2-3-14(20)12-16/h2-12H,1H3,(H,21,22)(H,23,24). The summed E-state index contributed by atoms with van der Waals surface area (Å²) in [4.78, 5) is 16.6. The Bertz CT molecular complexity index is 882. The molecule has 6 heteroatoms. The van der Waals surface area contributed by atoms with Gasteiger partial charge in [0.05, 0.1) is 7.11 Å². The highest BCUT2D eigenvalue weighted by molar-refractivity contribution is 6.31. The normalized spacial score (nSPS) is 10.2. The van der Waals surface area contributed by atoms with Crippen LogP contribution in [0.3, 0.4) is 0 Å². The minimum atomic E-state index is -0.234. The first-order valence-corrected chi connectivity index (χ1v) is 7.96. The topological polar surface area (TPSA) is 63.2 Å². The summed E-state index contributed by atoms with van der Waals surface area (Å²) >= 11 is 5.93. The van der Waals surface area contributed by atoms with Crippen molar-refractivity contribution in [3.05, 3.63) is 77.4 Å². The molecular weight excluding hydrogens is 338 g/mol. The molecule has 0 radical (unpaired) electrons. The molecule has 0 bridgehead atoms. The number of amides is 1. The Morgan fingerprint density at radius 3 is 2.56 bits per heavy atom. The van der Waals surface area contributed by atoms with Crippen molar-refractivity contribution in [3.63, 3.8) is 0 Å². The van der Waals surface area contributed by atoms with Gasteiger partial charge in [0, 0.05) is 28.2 Å². The zero-order chi connectivity index (χ0) is 17.6. The van der Waals surface area contributed by atoms with E-state index in [1.807, 2.05) is 24.3 Å². The number of benzene rings is 2. The van der Waals surface area contributed by atoms with Gasteiger partial charge in [-0.25, -0.2) is 4.98 Å². The summed E-state index contributed by atoms with van der Waals surface area (Å²) in [6.07, 6.45) is 1.58. The Morgan fingerprint density at radius 2 is 1.84 bits per heavy atom. The van der Waals surface area contributed by atoms with E-state index in [0.717, 1.165) is 11.4 Å². The van der Waals surface area contributed by atoms with Gasteiger partial charge in [-0.1, -0.05) is 17.7 Å². The van der Waals surface area contributed by atoms with E-state index in [1.54, 1.807) is 49.7 Å². The molecule has 0 aliphatic carbocycles. The molecule has 0 saturated carbocycles. The third kappa shape index (κ3) is 4.49. The second kappa shape index (κ2) is 7.68. The van der Waals surface area contributed by atoms with Gasteiger partial charge in [0.25, 0.3) is 5.91 Å². The number of carbonyl (C=O) groups excluding carboxylic acids is 1. The Balaban J connectivity index is 1.72. The minimum absolute atomic E-state index is 0.234. The molecule has 2 N–H and O–H groups in total. The van der Waals surface area contributed by atoms with Crippen LogP contribution >= 0.6 is 11.6 Å². The van der Waals surface area contributed by atoms with Crippen LogP contribution in [0.5, 0.6) is 5.75 Å². The van der Waals surface area contributed by atoms with Gasteiger partial charge in [-0.3, -0.25) is 4.79 Å². The summed E-state index contributed by atoms with van der Waals surface area (Å²) < 4.78 is 5.13. The molecule has 3 rings (SSSR count). The van der Waals surface area contributed by atoms with E-state index in [0.29, 0.717) is 22.1 Å². The van der Waals surface area contributed by atoms with E-state index in [4.69, 9.17) is 16.3 Å². The monoisotopic (exact) mass is 353 g/mol. The van der Waals surface area contributed by atoms with Crippen LogP contribution in [0.25, 0.3) is 0 Å². The maximum Gasteiger partial charge on any atom is 0.255 e. The number of nitrogens with zero attached hydrogens (tertiary/aromatic N) is 1. The molecule has 1 heterocycles. The number of aromatic nitrogens is 1. The highest BCUT2D eigenvalue weighted by Gasteiger charge is 2.08. The molecule has 0 aliphatic heterocycles. The van der Waals surface area contributed by atoms with Gasteiger partial charge in [-0.15, -0.1) is 0 Å². The number of hydrogen-bond acceptors (Lipinski definition) is 4. The maximum absolute atomic E-state index is 12.4. The van der Waals surface area contributed by atoms with Gasteiger partial charge in [-0.2, -0.15) is 0 Å². The molecule has 0 unspecified atom stereocenters. The third-order valence-electron chi connectivity index (χ3n) is 3.47. The van der Waals surface area contributed by atoms with Crippen molar-refractivity contribution < 1.29 is 9.53 Å². The summed E-state index contributed by atoms with van der Waals surface area (Å²) in [5.41, 5.74) is 1.98. The van der Waals surface area contributed by atoms with E-state index in [1.165, 1.54) is 0 Å². The van der Waals surface area contributed by atoms with Crippen molar-refractivity contribution >= 4 is 34.7 Å². The second-order valence-electron chi connectivity index (χ2n) is 5.25. The number of carbonyl (C=O) groups is 1. The van der Waals surface area contributed by atoms with Crippen LogP contribution in [-0.4, -0.2) is 18.0 Å². The predicted molar refractivity (Wildman–Crippen MR) is 99.9 cm³/mol. The van der Waals surface area contributed by atoms with Crippen molar-refractivity contribution in [1.82, 2.24) is 4.98 Å². The largest absolute Gasteiger partial charge is 0.497 e. The molecule has 0 saturated heterocycles. The van der Waals surface area contributed by atoms with Crippen molar-refractivity contribution in [3.8, 4) is 5.75 Å². The Morgan fingerprint density at radius 1 is 1.04 bits per heavy atom. The van der Waals surface area contributed by atoms with E-state index >= 15 is 0 Å². The summed E-state index contributed by atoms with van der Waals surface area (Å²) in [5, 5.41) is 6.53. The molecule has 1 amide bonds. The van der Waals surface area contributed by atoms with Crippen molar-refractivity contribution in [1.29, 1.82) is 0 Å². The van der Waals surface area contributed by atoms with Crippen LogP contribution in [0, 0.1) is 0 Å². The minimum Gasteiger partial charge on any atom is -0.497 e. The van der Waals surface area contributed by atoms with E-state index in [2.05, 4.69) is 15.6 Å². The molecule has 0 atom stereocenters. The van der Waals surface area contributed by atoms with Gasteiger partial charge in [0.1, 0.15) is 11.6 Å². The van der Waals surface area contributed by atoms with Crippen LogP contribution < -0.4 is 15.4 Å². The fraction of sp³-hybridized carbons (Fsp3) is 0.0526. The Labute approximate surface area is 150 Å². The lowest BCUT2D eigenvalue weighted by molar-refractivity contribution is 0.102. The maximum atomic E-state index is 12.4. The first-order chi connectivity index (χ1) is 12.1. The number of rotatable bonds is 5. The van der Waals surface area contributed by atoms with E-state index in [9.17, 15) is 4.79 Å². The van der Waals surface area contributed by atoms with Crippen LogP contribution in [0.1, 0.15) is 10.4 Å². The van der Waals surface area contributed by atoms with Crippen LogP contribution in [0.2, 0.25) is 5.02 Å². The highest BCUT2D eigenvalue weighted by atomic mass is 35.5. The SMILES string of the molecule is COc1ccc(Nc2cc(C(=O)Nc3cccc(Cl)c3)ccn2)cc1. The van der Waals surface area contributed by atoms with Crippen molar-refractivity contribution in [2.45, 2.75) is 0 Å². The first-order valence-electron chi connectivity index (χ1n) is 7.58.